The van der Waals surface area contributed by atoms with Crippen LogP contribution in [0.1, 0.15) is 31.1 Å². The van der Waals surface area contributed by atoms with E-state index in [0.717, 1.165) is 13.1 Å². The highest BCUT2D eigenvalue weighted by Crippen LogP contribution is 2.14. The van der Waals surface area contributed by atoms with Gasteiger partial charge in [0.2, 0.25) is 5.91 Å². The molecule has 1 aliphatic heterocycles. The lowest BCUT2D eigenvalue weighted by Gasteiger charge is -2.31. The van der Waals surface area contributed by atoms with E-state index < -0.39 is 0 Å². The highest BCUT2D eigenvalue weighted by Gasteiger charge is 2.23. The first-order valence-corrected chi connectivity index (χ1v) is 8.58. The van der Waals surface area contributed by atoms with Gasteiger partial charge < -0.3 is 15.0 Å². The molecule has 1 aliphatic rings. The van der Waals surface area contributed by atoms with E-state index in [1.54, 1.807) is 23.1 Å². The van der Waals surface area contributed by atoms with E-state index in [9.17, 15) is 9.59 Å². The number of amides is 2. The second-order valence-electron chi connectivity index (χ2n) is 5.87. The number of carbonyl (C=O) groups excluding carboxylic acids is 2. The minimum atomic E-state index is -0.226. The average molecular weight is 333 g/mol. The molecule has 0 saturated carbocycles. The number of morpholine rings is 1. The highest BCUT2D eigenvalue weighted by molar-refractivity contribution is 5.98. The quantitative estimate of drug-likeness (QED) is 0.863. The van der Waals surface area contributed by atoms with E-state index in [2.05, 4.69) is 10.2 Å². The summed E-state index contributed by atoms with van der Waals surface area (Å²) in [6.07, 6.45) is 0. The van der Waals surface area contributed by atoms with E-state index in [-0.39, 0.29) is 17.9 Å². The lowest BCUT2D eigenvalue weighted by molar-refractivity contribution is -0.122. The number of anilines is 1. The van der Waals surface area contributed by atoms with Gasteiger partial charge in [0.25, 0.3) is 5.91 Å². The van der Waals surface area contributed by atoms with Crippen molar-refractivity contribution in [1.29, 1.82) is 0 Å². The Bertz CT molecular complexity index is 566. The van der Waals surface area contributed by atoms with Gasteiger partial charge in [0.15, 0.2) is 0 Å². The molecular weight excluding hydrogens is 306 g/mol. The number of hydrogen-bond acceptors (Lipinski definition) is 4. The molecule has 2 rings (SSSR count). The molecule has 1 heterocycles. The van der Waals surface area contributed by atoms with E-state index >= 15 is 0 Å². The van der Waals surface area contributed by atoms with Gasteiger partial charge >= 0.3 is 0 Å². The summed E-state index contributed by atoms with van der Waals surface area (Å²) < 4.78 is 5.32. The second-order valence-corrected chi connectivity index (χ2v) is 5.87. The Balaban J connectivity index is 2.03. The van der Waals surface area contributed by atoms with E-state index in [4.69, 9.17) is 4.74 Å². The van der Waals surface area contributed by atoms with Crippen LogP contribution in [0.2, 0.25) is 0 Å². The monoisotopic (exact) mass is 333 g/mol. The fourth-order valence-corrected chi connectivity index (χ4v) is 2.80. The van der Waals surface area contributed by atoms with Gasteiger partial charge in [-0.05, 0) is 39.0 Å². The number of hydrogen-bond donors (Lipinski definition) is 1. The Morgan fingerprint density at radius 1 is 1.25 bits per heavy atom. The molecule has 1 aromatic carbocycles. The largest absolute Gasteiger partial charge is 0.379 e. The number of ether oxygens (including phenoxy) is 1. The van der Waals surface area contributed by atoms with Gasteiger partial charge in [-0.1, -0.05) is 6.07 Å². The molecule has 1 unspecified atom stereocenters. The van der Waals surface area contributed by atoms with Gasteiger partial charge in [0.05, 0.1) is 19.3 Å². The van der Waals surface area contributed by atoms with Crippen LogP contribution in [0.3, 0.4) is 0 Å². The zero-order chi connectivity index (χ0) is 17.5. The van der Waals surface area contributed by atoms with E-state index in [1.807, 2.05) is 26.8 Å². The van der Waals surface area contributed by atoms with Crippen molar-refractivity contribution in [3.63, 3.8) is 0 Å². The Morgan fingerprint density at radius 3 is 2.54 bits per heavy atom. The molecule has 1 atom stereocenters. The molecule has 6 nitrogen and oxygen atoms in total. The van der Waals surface area contributed by atoms with E-state index in [0.29, 0.717) is 37.6 Å². The SMILES string of the molecule is CCN(CC)C(=O)c1cccc(NC(=O)C(C)N2CCOCC2)c1. The summed E-state index contributed by atoms with van der Waals surface area (Å²) in [5.41, 5.74) is 1.24. The van der Waals surface area contributed by atoms with Crippen LogP contribution >= 0.6 is 0 Å². The van der Waals surface area contributed by atoms with Crippen molar-refractivity contribution < 1.29 is 14.3 Å². The molecule has 6 heteroatoms. The number of carbonyl (C=O) groups is 2. The van der Waals surface area contributed by atoms with Crippen LogP contribution in [0.15, 0.2) is 24.3 Å². The normalized spacial score (nSPS) is 16.5. The Morgan fingerprint density at radius 2 is 1.92 bits per heavy atom. The van der Waals surface area contributed by atoms with Crippen LogP contribution in [0.5, 0.6) is 0 Å². The maximum absolute atomic E-state index is 12.5. The third-order valence-electron chi connectivity index (χ3n) is 4.40. The van der Waals surface area contributed by atoms with Gasteiger partial charge in [0, 0.05) is 37.4 Å². The summed E-state index contributed by atoms with van der Waals surface area (Å²) in [6.45, 7) is 9.97. The number of benzene rings is 1. The Labute approximate surface area is 143 Å². The molecule has 0 radical (unpaired) electrons. The first-order chi connectivity index (χ1) is 11.6. The van der Waals surface area contributed by atoms with Gasteiger partial charge in [-0.15, -0.1) is 0 Å². The summed E-state index contributed by atoms with van der Waals surface area (Å²) in [6, 6.07) is 6.90. The summed E-state index contributed by atoms with van der Waals surface area (Å²) in [5, 5.41) is 2.92. The fourth-order valence-electron chi connectivity index (χ4n) is 2.80. The topological polar surface area (TPSA) is 61.9 Å². The molecule has 1 N–H and O–H groups in total. The zero-order valence-electron chi connectivity index (χ0n) is 14.7. The summed E-state index contributed by atoms with van der Waals surface area (Å²) in [4.78, 5) is 28.7. The minimum Gasteiger partial charge on any atom is -0.379 e. The molecule has 1 fully saturated rings. The smallest absolute Gasteiger partial charge is 0.253 e. The predicted molar refractivity (Wildman–Crippen MR) is 94.2 cm³/mol. The van der Waals surface area contributed by atoms with Crippen LogP contribution in [0, 0.1) is 0 Å². The lowest BCUT2D eigenvalue weighted by Crippen LogP contribution is -2.47. The Hall–Kier alpha value is -1.92. The predicted octanol–water partition coefficient (Wildman–Crippen LogP) is 1.83. The van der Waals surface area contributed by atoms with Crippen molar-refractivity contribution in [2.24, 2.45) is 0 Å². The standard InChI is InChI=1S/C18H27N3O3/c1-4-20(5-2)18(23)15-7-6-8-16(13-15)19-17(22)14(3)21-9-11-24-12-10-21/h6-8,13-14H,4-5,9-12H2,1-3H3,(H,19,22). The number of nitrogens with zero attached hydrogens (tertiary/aromatic N) is 2. The van der Waals surface area contributed by atoms with Crippen molar-refractivity contribution >= 4 is 17.5 Å². The summed E-state index contributed by atoms with van der Waals surface area (Å²) in [5.74, 6) is -0.0818. The van der Waals surface area contributed by atoms with Gasteiger partial charge in [-0.3, -0.25) is 14.5 Å². The first kappa shape index (κ1) is 18.4. The molecule has 132 valence electrons. The number of rotatable bonds is 6. The van der Waals surface area contributed by atoms with Crippen molar-refractivity contribution in [1.82, 2.24) is 9.80 Å². The van der Waals surface area contributed by atoms with Crippen molar-refractivity contribution in [3.8, 4) is 0 Å². The zero-order valence-corrected chi connectivity index (χ0v) is 14.7. The minimum absolute atomic E-state index is 0.0164. The van der Waals surface area contributed by atoms with Gasteiger partial charge in [0.1, 0.15) is 0 Å². The molecule has 2 amide bonds. The van der Waals surface area contributed by atoms with E-state index in [1.165, 1.54) is 0 Å². The van der Waals surface area contributed by atoms with Crippen LogP contribution < -0.4 is 5.32 Å². The maximum atomic E-state index is 12.5. The van der Waals surface area contributed by atoms with Gasteiger partial charge in [-0.2, -0.15) is 0 Å². The van der Waals surface area contributed by atoms with Crippen molar-refractivity contribution in [2.45, 2.75) is 26.8 Å². The fraction of sp³-hybridized carbons (Fsp3) is 0.556. The Kier molecular flexibility index (Phi) is 6.75. The number of nitrogens with one attached hydrogen (secondary N) is 1. The molecule has 1 saturated heterocycles. The third-order valence-corrected chi connectivity index (χ3v) is 4.40. The van der Waals surface area contributed by atoms with Crippen LogP contribution in [-0.4, -0.2) is 67.0 Å². The molecule has 1 aromatic rings. The molecule has 24 heavy (non-hydrogen) atoms. The molecule has 0 spiro atoms. The molecule has 0 aromatic heterocycles. The van der Waals surface area contributed by atoms with Gasteiger partial charge in [-0.25, -0.2) is 0 Å². The molecule has 0 aliphatic carbocycles. The van der Waals surface area contributed by atoms with Crippen LogP contribution in [0.25, 0.3) is 0 Å². The second kappa shape index (κ2) is 8.80. The summed E-state index contributed by atoms with van der Waals surface area (Å²) >= 11 is 0. The molecule has 0 bridgehead atoms. The maximum Gasteiger partial charge on any atom is 0.253 e. The van der Waals surface area contributed by atoms with Crippen molar-refractivity contribution in [2.75, 3.05) is 44.7 Å². The van der Waals surface area contributed by atoms with Crippen LogP contribution in [-0.2, 0) is 9.53 Å². The van der Waals surface area contributed by atoms with Crippen LogP contribution in [0.4, 0.5) is 5.69 Å². The van der Waals surface area contributed by atoms with Crippen molar-refractivity contribution in [3.05, 3.63) is 29.8 Å². The highest BCUT2D eigenvalue weighted by atomic mass is 16.5. The lowest BCUT2D eigenvalue weighted by atomic mass is 10.1. The first-order valence-electron chi connectivity index (χ1n) is 8.58. The molecular formula is C18H27N3O3. The third kappa shape index (κ3) is 4.55. The summed E-state index contributed by atoms with van der Waals surface area (Å²) in [7, 11) is 0. The average Bonchev–Trinajstić information content (AvgIpc) is 2.63.